The van der Waals surface area contributed by atoms with Gasteiger partial charge in [0.05, 0.1) is 24.6 Å². The van der Waals surface area contributed by atoms with Gasteiger partial charge in [0.2, 0.25) is 11.8 Å². The highest BCUT2D eigenvalue weighted by Crippen LogP contribution is 2.35. The normalized spacial score (nSPS) is 22.7. The number of nitrogens with zero attached hydrogens (tertiary/aromatic N) is 3. The van der Waals surface area contributed by atoms with Crippen LogP contribution in [0.25, 0.3) is 0 Å². The summed E-state index contributed by atoms with van der Waals surface area (Å²) in [5, 5.41) is 15.7. The molecule has 2 N–H and O–H groups in total. The van der Waals surface area contributed by atoms with E-state index in [4.69, 9.17) is 5.11 Å². The third-order valence-corrected chi connectivity index (χ3v) is 4.13. The number of carbonyl (C=O) groups excluding carboxylic acids is 2. The van der Waals surface area contributed by atoms with E-state index in [2.05, 4.69) is 10.4 Å². The Bertz CT molecular complexity index is 612. The van der Waals surface area contributed by atoms with Crippen LogP contribution in [0.1, 0.15) is 37.8 Å². The lowest BCUT2D eigenvalue weighted by molar-refractivity contribution is -0.141. The van der Waals surface area contributed by atoms with E-state index < -0.39 is 17.9 Å². The third kappa shape index (κ3) is 3.88. The van der Waals surface area contributed by atoms with Crippen molar-refractivity contribution >= 4 is 17.8 Å². The number of likely N-dealkylation sites (tertiary alicyclic amines) is 1. The van der Waals surface area contributed by atoms with Gasteiger partial charge >= 0.3 is 5.97 Å². The monoisotopic (exact) mass is 322 g/mol. The van der Waals surface area contributed by atoms with E-state index in [1.807, 2.05) is 0 Å². The number of nitrogens with one attached hydrogen (secondary N) is 1. The number of hydrogen-bond acceptors (Lipinski definition) is 4. The molecule has 0 spiro atoms. The van der Waals surface area contributed by atoms with Crippen LogP contribution >= 0.6 is 0 Å². The van der Waals surface area contributed by atoms with Gasteiger partial charge < -0.3 is 15.3 Å². The molecule has 23 heavy (non-hydrogen) atoms. The van der Waals surface area contributed by atoms with Crippen LogP contribution in [0.2, 0.25) is 0 Å². The predicted octanol–water partition coefficient (Wildman–Crippen LogP) is 0.309. The molecule has 2 amide bonds. The molecule has 1 aliphatic heterocycles. The second-order valence-corrected chi connectivity index (χ2v) is 6.05. The summed E-state index contributed by atoms with van der Waals surface area (Å²) in [6.45, 7) is 1.66. The van der Waals surface area contributed by atoms with Crippen molar-refractivity contribution in [3.05, 3.63) is 18.0 Å². The van der Waals surface area contributed by atoms with Crippen LogP contribution in [0.4, 0.5) is 0 Å². The number of carbonyl (C=O) groups is 3. The smallest absolute Gasteiger partial charge is 0.305 e. The maximum absolute atomic E-state index is 12.6. The van der Waals surface area contributed by atoms with Gasteiger partial charge in [-0.15, -0.1) is 0 Å². The van der Waals surface area contributed by atoms with Crippen LogP contribution in [0, 0.1) is 5.92 Å². The fourth-order valence-electron chi connectivity index (χ4n) is 3.02. The molecule has 2 heterocycles. The number of aliphatic carboxylic acids is 1. The summed E-state index contributed by atoms with van der Waals surface area (Å²) < 4.78 is 1.63. The number of carboxylic acids is 1. The van der Waals surface area contributed by atoms with E-state index in [9.17, 15) is 14.4 Å². The molecule has 1 saturated heterocycles. The topological polar surface area (TPSA) is 105 Å². The Morgan fingerprint density at radius 1 is 1.48 bits per heavy atom. The zero-order valence-corrected chi connectivity index (χ0v) is 13.5. The summed E-state index contributed by atoms with van der Waals surface area (Å²) in [7, 11) is 3.46. The highest BCUT2D eigenvalue weighted by Gasteiger charge is 2.39. The van der Waals surface area contributed by atoms with Crippen molar-refractivity contribution in [2.24, 2.45) is 13.0 Å². The van der Waals surface area contributed by atoms with Gasteiger partial charge in [-0.25, -0.2) is 0 Å². The molecular weight excluding hydrogens is 300 g/mol. The summed E-state index contributed by atoms with van der Waals surface area (Å²) in [6, 6.07) is -0.848. The van der Waals surface area contributed by atoms with Crippen LogP contribution in [0.3, 0.4) is 0 Å². The van der Waals surface area contributed by atoms with Crippen molar-refractivity contribution < 1.29 is 19.5 Å². The van der Waals surface area contributed by atoms with Gasteiger partial charge in [-0.1, -0.05) is 0 Å². The Labute approximate surface area is 134 Å². The highest BCUT2D eigenvalue weighted by atomic mass is 16.4. The molecule has 0 radical (unpaired) electrons. The minimum absolute atomic E-state index is 0.0125. The van der Waals surface area contributed by atoms with Crippen LogP contribution in [-0.4, -0.2) is 50.7 Å². The summed E-state index contributed by atoms with van der Waals surface area (Å²) >= 11 is 0. The van der Waals surface area contributed by atoms with Crippen molar-refractivity contribution in [3.63, 3.8) is 0 Å². The molecule has 126 valence electrons. The van der Waals surface area contributed by atoms with Crippen LogP contribution in [0.5, 0.6) is 0 Å². The van der Waals surface area contributed by atoms with Gasteiger partial charge in [-0.05, 0) is 13.3 Å². The second kappa shape index (κ2) is 6.80. The van der Waals surface area contributed by atoms with Crippen molar-refractivity contribution in [1.29, 1.82) is 0 Å². The van der Waals surface area contributed by atoms with Gasteiger partial charge in [0, 0.05) is 38.3 Å². The molecule has 0 aromatic carbocycles. The average molecular weight is 322 g/mol. The molecule has 1 fully saturated rings. The molecule has 1 aromatic heterocycles. The SMILES string of the molecule is CC(CC(=O)O)NC(=O)C1CCC(=O)N(C)C1c1cnn(C)c1. The third-order valence-electron chi connectivity index (χ3n) is 4.13. The first-order valence-electron chi connectivity index (χ1n) is 7.56. The number of carboxylic acid groups (broad SMARTS) is 1. The zero-order chi connectivity index (χ0) is 17.1. The minimum Gasteiger partial charge on any atom is -0.481 e. The largest absolute Gasteiger partial charge is 0.481 e. The molecule has 8 heteroatoms. The van der Waals surface area contributed by atoms with Crippen molar-refractivity contribution in [2.45, 2.75) is 38.3 Å². The molecule has 3 atom stereocenters. The molecule has 1 aromatic rings. The van der Waals surface area contributed by atoms with E-state index in [0.717, 1.165) is 5.56 Å². The average Bonchev–Trinajstić information content (AvgIpc) is 2.86. The van der Waals surface area contributed by atoms with Crippen LogP contribution < -0.4 is 5.32 Å². The number of amides is 2. The predicted molar refractivity (Wildman–Crippen MR) is 81.3 cm³/mol. The van der Waals surface area contributed by atoms with E-state index in [-0.39, 0.29) is 24.3 Å². The Morgan fingerprint density at radius 2 is 2.17 bits per heavy atom. The molecule has 1 aliphatic rings. The molecule has 2 rings (SSSR count). The van der Waals surface area contributed by atoms with Gasteiger partial charge in [0.25, 0.3) is 0 Å². The zero-order valence-electron chi connectivity index (χ0n) is 13.5. The first-order chi connectivity index (χ1) is 10.8. The fourth-order valence-corrected chi connectivity index (χ4v) is 3.02. The lowest BCUT2D eigenvalue weighted by Gasteiger charge is -2.38. The Kier molecular flexibility index (Phi) is 5.02. The summed E-state index contributed by atoms with van der Waals surface area (Å²) in [4.78, 5) is 36.9. The number of piperidine rings is 1. The van der Waals surface area contributed by atoms with Crippen molar-refractivity contribution in [1.82, 2.24) is 20.0 Å². The van der Waals surface area contributed by atoms with Crippen molar-refractivity contribution in [2.75, 3.05) is 7.05 Å². The minimum atomic E-state index is -0.961. The number of aromatic nitrogens is 2. The van der Waals surface area contributed by atoms with E-state index in [1.54, 1.807) is 43.0 Å². The molecule has 0 aliphatic carbocycles. The molecular formula is C15H22N4O4. The molecule has 3 unspecified atom stereocenters. The van der Waals surface area contributed by atoms with E-state index in [1.165, 1.54) is 0 Å². The molecule has 0 bridgehead atoms. The Morgan fingerprint density at radius 3 is 2.74 bits per heavy atom. The Hall–Kier alpha value is -2.38. The maximum Gasteiger partial charge on any atom is 0.305 e. The van der Waals surface area contributed by atoms with Crippen LogP contribution in [0.15, 0.2) is 12.4 Å². The number of hydrogen-bond donors (Lipinski definition) is 2. The van der Waals surface area contributed by atoms with Gasteiger partial charge in [0.15, 0.2) is 0 Å². The first-order valence-corrected chi connectivity index (χ1v) is 7.56. The lowest BCUT2D eigenvalue weighted by atomic mass is 9.85. The summed E-state index contributed by atoms with van der Waals surface area (Å²) in [6.07, 6.45) is 4.05. The number of aryl methyl sites for hydroxylation is 1. The summed E-state index contributed by atoms with van der Waals surface area (Å²) in [5.41, 5.74) is 0.800. The molecule has 8 nitrogen and oxygen atoms in total. The van der Waals surface area contributed by atoms with Gasteiger partial charge in [-0.3, -0.25) is 19.1 Å². The van der Waals surface area contributed by atoms with E-state index >= 15 is 0 Å². The first kappa shape index (κ1) is 17.0. The number of rotatable bonds is 5. The maximum atomic E-state index is 12.6. The Balaban J connectivity index is 2.18. The van der Waals surface area contributed by atoms with Gasteiger partial charge in [-0.2, -0.15) is 5.10 Å². The van der Waals surface area contributed by atoms with Crippen LogP contribution in [-0.2, 0) is 21.4 Å². The second-order valence-electron chi connectivity index (χ2n) is 6.05. The van der Waals surface area contributed by atoms with E-state index in [0.29, 0.717) is 12.8 Å². The van der Waals surface area contributed by atoms with Gasteiger partial charge in [0.1, 0.15) is 0 Å². The lowest BCUT2D eigenvalue weighted by Crippen LogP contribution is -2.48. The summed E-state index contributed by atoms with van der Waals surface area (Å²) in [5.74, 6) is -1.62. The van der Waals surface area contributed by atoms with Crippen molar-refractivity contribution in [3.8, 4) is 0 Å². The quantitative estimate of drug-likeness (QED) is 0.812. The highest BCUT2D eigenvalue weighted by molar-refractivity contribution is 5.85. The fraction of sp³-hybridized carbons (Fsp3) is 0.600. The molecule has 0 saturated carbocycles. The standard InChI is InChI=1S/C15H22N4O4/c1-9(6-13(21)22)17-15(23)11-4-5-12(20)19(3)14(11)10-7-16-18(2)8-10/h7-9,11,14H,4-6H2,1-3H3,(H,17,23)(H,21,22).